The highest BCUT2D eigenvalue weighted by Gasteiger charge is 2.36. The number of piperazine rings is 1. The molecule has 0 radical (unpaired) electrons. The lowest BCUT2D eigenvalue weighted by Crippen LogP contribution is -2.54. The molecule has 1 unspecified atom stereocenters. The van der Waals surface area contributed by atoms with Gasteiger partial charge in [0.25, 0.3) is 0 Å². The lowest BCUT2D eigenvalue weighted by molar-refractivity contribution is -0.138. The first-order valence-corrected chi connectivity index (χ1v) is 7.28. The van der Waals surface area contributed by atoms with Crippen LogP contribution in [0.2, 0.25) is 0 Å². The highest BCUT2D eigenvalue weighted by molar-refractivity contribution is 5.87. The molecule has 0 aromatic carbocycles. The van der Waals surface area contributed by atoms with Crippen molar-refractivity contribution in [1.82, 2.24) is 9.88 Å². The number of carbonyl (C=O) groups is 1. The summed E-state index contributed by atoms with van der Waals surface area (Å²) < 4.78 is 43.9. The molecule has 3 rings (SSSR count). The van der Waals surface area contributed by atoms with Crippen LogP contribution in [0.4, 0.5) is 19.0 Å². The van der Waals surface area contributed by atoms with Gasteiger partial charge in [0.05, 0.1) is 18.2 Å². The predicted octanol–water partition coefficient (Wildman–Crippen LogP) is 2.09. The van der Waals surface area contributed by atoms with E-state index < -0.39 is 11.7 Å². The minimum Gasteiger partial charge on any atom is -0.490 e. The first-order chi connectivity index (χ1) is 10.9. The van der Waals surface area contributed by atoms with E-state index in [2.05, 4.69) is 11.6 Å². The van der Waals surface area contributed by atoms with Gasteiger partial charge >= 0.3 is 6.18 Å². The normalized spacial score (nSPS) is 20.9. The summed E-state index contributed by atoms with van der Waals surface area (Å²) >= 11 is 0. The Hall–Kier alpha value is -2.25. The average molecular weight is 327 g/mol. The van der Waals surface area contributed by atoms with Gasteiger partial charge in [-0.05, 0) is 12.1 Å². The SMILES string of the molecule is C=CC(=O)N1CCN2c3ncc(C(F)(F)F)cc3OCCC2C1. The van der Waals surface area contributed by atoms with Crippen molar-refractivity contribution in [3.63, 3.8) is 0 Å². The van der Waals surface area contributed by atoms with Crippen molar-refractivity contribution >= 4 is 11.7 Å². The number of nitrogens with zero attached hydrogens (tertiary/aromatic N) is 3. The van der Waals surface area contributed by atoms with E-state index in [1.807, 2.05) is 4.90 Å². The number of pyridine rings is 1. The Morgan fingerprint density at radius 1 is 1.43 bits per heavy atom. The van der Waals surface area contributed by atoms with Gasteiger partial charge in [-0.25, -0.2) is 4.98 Å². The van der Waals surface area contributed by atoms with Crippen molar-refractivity contribution in [2.75, 3.05) is 31.1 Å². The van der Waals surface area contributed by atoms with E-state index in [1.54, 1.807) is 4.90 Å². The van der Waals surface area contributed by atoms with Crippen molar-refractivity contribution in [2.45, 2.75) is 18.6 Å². The third-order valence-electron chi connectivity index (χ3n) is 4.11. The van der Waals surface area contributed by atoms with Gasteiger partial charge in [-0.3, -0.25) is 4.79 Å². The number of anilines is 1. The molecule has 5 nitrogen and oxygen atoms in total. The molecule has 1 amide bonds. The largest absolute Gasteiger partial charge is 0.490 e. The van der Waals surface area contributed by atoms with E-state index in [1.165, 1.54) is 6.08 Å². The molecule has 1 aromatic heterocycles. The first-order valence-electron chi connectivity index (χ1n) is 7.28. The zero-order chi connectivity index (χ0) is 16.6. The van der Waals surface area contributed by atoms with Gasteiger partial charge in [0.1, 0.15) is 0 Å². The van der Waals surface area contributed by atoms with Crippen LogP contribution >= 0.6 is 0 Å². The second kappa shape index (κ2) is 5.75. The fraction of sp³-hybridized carbons (Fsp3) is 0.467. The number of aromatic nitrogens is 1. The van der Waals surface area contributed by atoms with Gasteiger partial charge < -0.3 is 14.5 Å². The molecule has 2 aliphatic rings. The first kappa shape index (κ1) is 15.6. The number of fused-ring (bicyclic) bond motifs is 3. The summed E-state index contributed by atoms with van der Waals surface area (Å²) in [4.78, 5) is 19.3. The van der Waals surface area contributed by atoms with Crippen LogP contribution in [0.1, 0.15) is 12.0 Å². The summed E-state index contributed by atoms with van der Waals surface area (Å²) in [7, 11) is 0. The number of hydrogen-bond donors (Lipinski definition) is 0. The molecule has 1 fully saturated rings. The van der Waals surface area contributed by atoms with Crippen LogP contribution in [0.3, 0.4) is 0 Å². The van der Waals surface area contributed by atoms with E-state index in [-0.39, 0.29) is 24.3 Å². The summed E-state index contributed by atoms with van der Waals surface area (Å²) in [5.74, 6) is 0.410. The predicted molar refractivity (Wildman–Crippen MR) is 77.3 cm³/mol. The Kier molecular flexibility index (Phi) is 3.91. The molecule has 0 N–H and O–H groups in total. The van der Waals surface area contributed by atoms with Crippen LogP contribution in [-0.4, -0.2) is 48.1 Å². The van der Waals surface area contributed by atoms with Crippen LogP contribution in [0.15, 0.2) is 24.9 Å². The number of alkyl halides is 3. The maximum absolute atomic E-state index is 12.8. The lowest BCUT2D eigenvalue weighted by atomic mass is 10.1. The third kappa shape index (κ3) is 2.97. The molecule has 124 valence electrons. The Morgan fingerprint density at radius 2 is 2.22 bits per heavy atom. The van der Waals surface area contributed by atoms with E-state index in [0.29, 0.717) is 31.9 Å². The second-order valence-electron chi connectivity index (χ2n) is 5.52. The number of hydrogen-bond acceptors (Lipinski definition) is 4. The van der Waals surface area contributed by atoms with Gasteiger partial charge in [0.2, 0.25) is 5.91 Å². The standard InChI is InChI=1S/C15H16F3N3O2/c1-2-13(22)20-4-5-21-11(9-20)3-6-23-12-7-10(15(16,17)18)8-19-14(12)21/h2,7-8,11H,1,3-6,9H2. The maximum atomic E-state index is 12.8. The summed E-state index contributed by atoms with van der Waals surface area (Å²) in [6.07, 6.45) is -1.75. The molecular weight excluding hydrogens is 311 g/mol. The van der Waals surface area contributed by atoms with Crippen LogP contribution in [-0.2, 0) is 11.0 Å². The summed E-state index contributed by atoms with van der Waals surface area (Å²) in [6.45, 7) is 5.22. The zero-order valence-corrected chi connectivity index (χ0v) is 12.3. The van der Waals surface area contributed by atoms with Gasteiger partial charge in [-0.15, -0.1) is 0 Å². The minimum absolute atomic E-state index is 0.0295. The van der Waals surface area contributed by atoms with Crippen molar-refractivity contribution in [3.8, 4) is 5.75 Å². The molecule has 0 saturated carbocycles. The molecule has 3 heterocycles. The monoisotopic (exact) mass is 327 g/mol. The zero-order valence-electron chi connectivity index (χ0n) is 12.3. The number of rotatable bonds is 1. The Balaban J connectivity index is 1.88. The highest BCUT2D eigenvalue weighted by Crippen LogP contribution is 2.37. The Labute approximate surface area is 131 Å². The Morgan fingerprint density at radius 3 is 2.91 bits per heavy atom. The summed E-state index contributed by atoms with van der Waals surface area (Å²) in [6, 6.07) is 0.963. The number of carbonyl (C=O) groups excluding carboxylic acids is 1. The van der Waals surface area contributed by atoms with E-state index in [4.69, 9.17) is 4.74 Å². The molecule has 23 heavy (non-hydrogen) atoms. The van der Waals surface area contributed by atoms with Crippen molar-refractivity contribution in [1.29, 1.82) is 0 Å². The molecule has 0 spiro atoms. The van der Waals surface area contributed by atoms with E-state index in [9.17, 15) is 18.0 Å². The van der Waals surface area contributed by atoms with Crippen molar-refractivity contribution in [3.05, 3.63) is 30.5 Å². The molecule has 2 aliphatic heterocycles. The van der Waals surface area contributed by atoms with E-state index >= 15 is 0 Å². The van der Waals surface area contributed by atoms with Crippen LogP contribution < -0.4 is 9.64 Å². The van der Waals surface area contributed by atoms with E-state index in [0.717, 1.165) is 12.3 Å². The van der Waals surface area contributed by atoms with Gasteiger partial charge in [-0.1, -0.05) is 6.58 Å². The van der Waals surface area contributed by atoms with Crippen molar-refractivity contribution < 1.29 is 22.7 Å². The number of amides is 1. The van der Waals surface area contributed by atoms with Gasteiger partial charge in [0, 0.05) is 32.3 Å². The molecule has 0 aliphatic carbocycles. The van der Waals surface area contributed by atoms with Crippen LogP contribution in [0.25, 0.3) is 0 Å². The molecule has 1 aromatic rings. The molecule has 0 bridgehead atoms. The maximum Gasteiger partial charge on any atom is 0.418 e. The highest BCUT2D eigenvalue weighted by atomic mass is 19.4. The van der Waals surface area contributed by atoms with Crippen LogP contribution in [0.5, 0.6) is 5.75 Å². The lowest BCUT2D eigenvalue weighted by Gasteiger charge is -2.40. The smallest absolute Gasteiger partial charge is 0.418 e. The fourth-order valence-electron chi connectivity index (χ4n) is 2.93. The third-order valence-corrected chi connectivity index (χ3v) is 4.11. The molecular formula is C15H16F3N3O2. The van der Waals surface area contributed by atoms with Gasteiger partial charge in [0.15, 0.2) is 11.6 Å². The Bertz CT molecular complexity index is 633. The second-order valence-corrected chi connectivity index (χ2v) is 5.52. The average Bonchev–Trinajstić information content (AvgIpc) is 2.71. The molecule has 1 atom stereocenters. The fourth-order valence-corrected chi connectivity index (χ4v) is 2.93. The quantitative estimate of drug-likeness (QED) is 0.741. The molecule has 1 saturated heterocycles. The molecule has 8 heteroatoms. The van der Waals surface area contributed by atoms with Crippen molar-refractivity contribution in [2.24, 2.45) is 0 Å². The summed E-state index contributed by atoms with van der Waals surface area (Å²) in [5, 5.41) is 0. The van der Waals surface area contributed by atoms with Crippen LogP contribution in [0, 0.1) is 0 Å². The minimum atomic E-state index is -4.45. The topological polar surface area (TPSA) is 45.7 Å². The summed E-state index contributed by atoms with van der Waals surface area (Å²) in [5.41, 5.74) is -0.824. The number of halogens is 3. The number of ether oxygens (including phenoxy) is 1. The van der Waals surface area contributed by atoms with Gasteiger partial charge in [-0.2, -0.15) is 13.2 Å².